The molecule has 1 aliphatic heterocycles. The molecule has 0 saturated carbocycles. The zero-order chi connectivity index (χ0) is 23.1. The zero-order valence-electron chi connectivity index (χ0n) is 18.7. The Morgan fingerprint density at radius 1 is 1.06 bits per heavy atom. The molecule has 1 amide bonds. The van der Waals surface area contributed by atoms with E-state index in [2.05, 4.69) is 15.4 Å². The van der Waals surface area contributed by atoms with Gasteiger partial charge in [0.25, 0.3) is 5.91 Å². The molecule has 1 saturated heterocycles. The fourth-order valence-electron chi connectivity index (χ4n) is 3.51. The van der Waals surface area contributed by atoms with Crippen LogP contribution in [0, 0.1) is 0 Å². The lowest BCUT2D eigenvalue weighted by molar-refractivity contribution is 0.0954. The molecule has 2 aromatic carbocycles. The summed E-state index contributed by atoms with van der Waals surface area (Å²) in [5, 5.41) is 4.20. The molecule has 1 N–H and O–H groups in total. The molecule has 1 fully saturated rings. The Labute approximate surface area is 189 Å². The van der Waals surface area contributed by atoms with E-state index in [1.807, 2.05) is 31.2 Å². The average molecular weight is 459 g/mol. The van der Waals surface area contributed by atoms with Crippen molar-refractivity contribution in [2.45, 2.75) is 25.7 Å². The first kappa shape index (κ1) is 23.9. The van der Waals surface area contributed by atoms with E-state index in [1.54, 1.807) is 26.0 Å². The third-order valence-corrected chi connectivity index (χ3v) is 7.47. The number of carbonyl (C=O) groups is 1. The van der Waals surface area contributed by atoms with Crippen LogP contribution < -0.4 is 10.3 Å². The second-order valence-electron chi connectivity index (χ2n) is 7.40. The molecule has 3 rings (SSSR count). The van der Waals surface area contributed by atoms with Gasteiger partial charge in [0.05, 0.1) is 23.8 Å². The van der Waals surface area contributed by atoms with Gasteiger partial charge in [-0.3, -0.25) is 4.79 Å². The Morgan fingerprint density at radius 3 is 2.34 bits per heavy atom. The number of nitrogens with zero attached hydrogens (tertiary/aromatic N) is 3. The molecule has 2 aromatic rings. The lowest BCUT2D eigenvalue weighted by Crippen LogP contribution is -2.36. The highest BCUT2D eigenvalue weighted by molar-refractivity contribution is 7.89. The van der Waals surface area contributed by atoms with Gasteiger partial charge in [0.1, 0.15) is 0 Å². The first-order valence-electron chi connectivity index (χ1n) is 10.7. The topological polar surface area (TPSA) is 91.3 Å². The maximum absolute atomic E-state index is 12.7. The van der Waals surface area contributed by atoms with Gasteiger partial charge in [0.2, 0.25) is 10.0 Å². The van der Waals surface area contributed by atoms with Gasteiger partial charge >= 0.3 is 0 Å². The molecular weight excluding hydrogens is 428 g/mol. The van der Waals surface area contributed by atoms with E-state index in [1.165, 1.54) is 16.4 Å². The van der Waals surface area contributed by atoms with Crippen LogP contribution in [0.3, 0.4) is 0 Å². The summed E-state index contributed by atoms with van der Waals surface area (Å²) in [6, 6.07) is 14.0. The summed E-state index contributed by atoms with van der Waals surface area (Å²) in [7, 11) is -3.64. The molecule has 0 unspecified atom stereocenters. The van der Waals surface area contributed by atoms with Gasteiger partial charge in [-0.15, -0.1) is 0 Å². The second kappa shape index (κ2) is 10.7. The summed E-state index contributed by atoms with van der Waals surface area (Å²) in [5.74, 6) is -0.467. The maximum atomic E-state index is 12.7. The fraction of sp³-hybridized carbons (Fsp3) is 0.391. The van der Waals surface area contributed by atoms with Crippen molar-refractivity contribution in [1.29, 1.82) is 0 Å². The number of benzene rings is 2. The molecule has 0 aliphatic carbocycles. The molecule has 0 radical (unpaired) electrons. The largest absolute Gasteiger partial charge is 0.378 e. The Bertz CT molecular complexity index is 1060. The number of morpholine rings is 1. The van der Waals surface area contributed by atoms with Crippen LogP contribution in [0.25, 0.3) is 0 Å². The number of hydrogen-bond acceptors (Lipinski definition) is 6. The Morgan fingerprint density at radius 2 is 1.72 bits per heavy atom. The van der Waals surface area contributed by atoms with Gasteiger partial charge in [0, 0.05) is 37.4 Å². The third-order valence-electron chi connectivity index (χ3n) is 5.43. The van der Waals surface area contributed by atoms with Crippen molar-refractivity contribution in [1.82, 2.24) is 9.73 Å². The molecule has 1 heterocycles. The molecule has 172 valence electrons. The van der Waals surface area contributed by atoms with Crippen LogP contribution in [-0.2, 0) is 14.8 Å². The highest BCUT2D eigenvalue weighted by Crippen LogP contribution is 2.18. The summed E-state index contributed by atoms with van der Waals surface area (Å²) in [4.78, 5) is 14.9. The zero-order valence-corrected chi connectivity index (χ0v) is 19.6. The number of carbonyl (C=O) groups excluding carboxylic acids is 1. The van der Waals surface area contributed by atoms with Crippen LogP contribution in [0.15, 0.2) is 58.5 Å². The van der Waals surface area contributed by atoms with Gasteiger partial charge in [-0.2, -0.15) is 9.41 Å². The number of hydrogen-bond donors (Lipinski definition) is 1. The van der Waals surface area contributed by atoms with Crippen molar-refractivity contribution in [3.8, 4) is 0 Å². The molecule has 9 heteroatoms. The smallest absolute Gasteiger partial charge is 0.271 e. The minimum Gasteiger partial charge on any atom is -0.378 e. The second-order valence-corrected chi connectivity index (χ2v) is 9.34. The van der Waals surface area contributed by atoms with Crippen LogP contribution in [-0.4, -0.2) is 63.7 Å². The van der Waals surface area contributed by atoms with Gasteiger partial charge in [0.15, 0.2) is 0 Å². The SMILES string of the molecule is CCN(CC)S(=O)(=O)c1cccc(C(=O)N/N=C(/C)c2ccc(N3CCOCC3)cc2)c1. The number of nitrogens with one attached hydrogen (secondary N) is 1. The van der Waals surface area contributed by atoms with E-state index < -0.39 is 15.9 Å². The highest BCUT2D eigenvalue weighted by Gasteiger charge is 2.22. The molecule has 1 aliphatic rings. The molecule has 0 atom stereocenters. The van der Waals surface area contributed by atoms with Gasteiger partial charge in [-0.1, -0.05) is 32.0 Å². The van der Waals surface area contributed by atoms with E-state index in [-0.39, 0.29) is 10.5 Å². The molecule has 32 heavy (non-hydrogen) atoms. The Kier molecular flexibility index (Phi) is 8.00. The average Bonchev–Trinajstić information content (AvgIpc) is 2.83. The van der Waals surface area contributed by atoms with Crippen LogP contribution in [0.2, 0.25) is 0 Å². The minimum absolute atomic E-state index is 0.0910. The predicted molar refractivity (Wildman–Crippen MR) is 126 cm³/mol. The quantitative estimate of drug-likeness (QED) is 0.485. The summed E-state index contributed by atoms with van der Waals surface area (Å²) in [6.07, 6.45) is 0. The van der Waals surface area contributed by atoms with E-state index in [0.717, 1.165) is 37.6 Å². The number of hydrazone groups is 1. The van der Waals surface area contributed by atoms with Gasteiger partial charge in [-0.25, -0.2) is 13.8 Å². The number of ether oxygens (including phenoxy) is 1. The number of sulfonamides is 1. The van der Waals surface area contributed by atoms with Crippen molar-refractivity contribution < 1.29 is 17.9 Å². The summed E-state index contributed by atoms with van der Waals surface area (Å²) >= 11 is 0. The molecule has 0 spiro atoms. The first-order valence-corrected chi connectivity index (χ1v) is 12.2. The lowest BCUT2D eigenvalue weighted by atomic mass is 10.1. The van der Waals surface area contributed by atoms with E-state index in [4.69, 9.17) is 4.74 Å². The van der Waals surface area contributed by atoms with Crippen LogP contribution >= 0.6 is 0 Å². The van der Waals surface area contributed by atoms with Crippen molar-refractivity contribution in [2.75, 3.05) is 44.3 Å². The van der Waals surface area contributed by atoms with Crippen LogP contribution in [0.1, 0.15) is 36.7 Å². The van der Waals surface area contributed by atoms with Crippen molar-refractivity contribution in [3.05, 3.63) is 59.7 Å². The van der Waals surface area contributed by atoms with Crippen LogP contribution in [0.4, 0.5) is 5.69 Å². The minimum atomic E-state index is -3.64. The number of rotatable bonds is 8. The van der Waals surface area contributed by atoms with E-state index in [9.17, 15) is 13.2 Å². The summed E-state index contributed by atoms with van der Waals surface area (Å²) < 4.78 is 32.2. The lowest BCUT2D eigenvalue weighted by Gasteiger charge is -2.28. The maximum Gasteiger partial charge on any atom is 0.271 e. The highest BCUT2D eigenvalue weighted by atomic mass is 32.2. The van der Waals surface area contributed by atoms with Crippen molar-refractivity contribution in [2.24, 2.45) is 5.10 Å². The fourth-order valence-corrected chi connectivity index (χ4v) is 5.01. The van der Waals surface area contributed by atoms with E-state index in [0.29, 0.717) is 18.8 Å². The molecular formula is C23H30N4O4S. The standard InChI is InChI=1S/C23H30N4O4S/c1-4-27(5-2)32(29,30)22-8-6-7-20(17-22)23(28)25-24-18(3)19-9-11-21(12-10-19)26-13-15-31-16-14-26/h6-12,17H,4-5,13-16H2,1-3H3,(H,25,28)/b24-18-. The number of amides is 1. The van der Waals surface area contributed by atoms with Gasteiger partial charge < -0.3 is 9.64 Å². The molecule has 0 bridgehead atoms. The Hall–Kier alpha value is -2.75. The molecule has 8 nitrogen and oxygen atoms in total. The Balaban J connectivity index is 1.69. The monoisotopic (exact) mass is 458 g/mol. The van der Waals surface area contributed by atoms with Crippen molar-refractivity contribution in [3.63, 3.8) is 0 Å². The summed E-state index contributed by atoms with van der Waals surface area (Å²) in [5.41, 5.74) is 5.42. The van der Waals surface area contributed by atoms with Crippen molar-refractivity contribution >= 4 is 27.3 Å². The predicted octanol–water partition coefficient (Wildman–Crippen LogP) is 2.71. The normalized spacial score (nSPS) is 15.1. The van der Waals surface area contributed by atoms with Gasteiger partial charge in [-0.05, 0) is 42.8 Å². The van der Waals surface area contributed by atoms with Crippen LogP contribution in [0.5, 0.6) is 0 Å². The summed E-state index contributed by atoms with van der Waals surface area (Å²) in [6.45, 7) is 9.29. The molecule has 0 aromatic heterocycles. The third kappa shape index (κ3) is 5.53. The first-order chi connectivity index (χ1) is 15.4. The van der Waals surface area contributed by atoms with E-state index >= 15 is 0 Å². The number of anilines is 1.